The number of carbonyl (C=O) groups excluding carboxylic acids is 5. The number of halogens is 1. The number of thioether (sulfide) groups is 1. The lowest BCUT2D eigenvalue weighted by Crippen LogP contribution is -2.71. The normalized spacial score (nSPS) is 18.8. The van der Waals surface area contributed by atoms with Crippen LogP contribution in [0.3, 0.4) is 0 Å². The van der Waals surface area contributed by atoms with Crippen LogP contribution >= 0.6 is 34.7 Å². The first-order valence-corrected chi connectivity index (χ1v) is 17.7. The standard InChI is InChI=1S/C29H30ClN11O11S2/c1-29(2,27(49)50)52-38-17(16-20(30)54-28(32)37-16)23(45)36-18-24(46)41-19(26(47)48)11(9-53-25(18)41)6-39-7-12(21(31)35-10-39)33-3-4-34-22(44)13-5-14(42)15(43)8-40(13)51/h5,7,10,18,25,31,33,51H,3-4,6,8-9H2,1-2H3,(H6,32,34,36,37,44,45,47,48,49,50)/p+1/b38-17-/t18-,25-/m1/s1. The lowest BCUT2D eigenvalue weighted by Gasteiger charge is -2.49. The summed E-state index contributed by atoms with van der Waals surface area (Å²) in [5.41, 5.74) is 9.02. The largest absolute Gasteiger partial charge is 0.478 e. The molecule has 2 aromatic rings. The summed E-state index contributed by atoms with van der Waals surface area (Å²) in [7, 11) is 0. The van der Waals surface area contributed by atoms with Gasteiger partial charge in [-0.15, -0.1) is 11.8 Å². The van der Waals surface area contributed by atoms with E-state index in [1.807, 2.05) is 0 Å². The number of hydroxylamine groups is 2. The van der Waals surface area contributed by atoms with Crippen molar-refractivity contribution in [3.63, 3.8) is 0 Å². The molecule has 10 N–H and O–H groups in total. The number of β-lactam (4-membered cyclic amide) rings is 1. The fourth-order valence-electron chi connectivity index (χ4n) is 5.01. The fraction of sp³-hybridized carbons (Fsp3) is 0.345. The highest BCUT2D eigenvalue weighted by Gasteiger charge is 2.54. The van der Waals surface area contributed by atoms with Crippen molar-refractivity contribution >= 4 is 98.3 Å². The minimum atomic E-state index is -1.86. The Hall–Kier alpha value is -5.85. The quantitative estimate of drug-likeness (QED) is 0.0254. The van der Waals surface area contributed by atoms with Gasteiger partial charge in [0.05, 0.1) is 0 Å². The number of carbonyl (C=O) groups is 7. The number of anilines is 3. The van der Waals surface area contributed by atoms with E-state index in [1.165, 1.54) is 42.7 Å². The number of rotatable bonds is 14. The Bertz CT molecular complexity index is 2070. The highest BCUT2D eigenvalue weighted by atomic mass is 35.5. The van der Waals surface area contributed by atoms with Crippen molar-refractivity contribution in [3.8, 4) is 0 Å². The van der Waals surface area contributed by atoms with Crippen LogP contribution in [0, 0.1) is 0 Å². The van der Waals surface area contributed by atoms with E-state index >= 15 is 0 Å². The zero-order valence-electron chi connectivity index (χ0n) is 28.1. The van der Waals surface area contributed by atoms with Crippen molar-refractivity contribution < 1.29 is 58.4 Å². The third-order valence-corrected chi connectivity index (χ3v) is 10.2. The number of nitrogens with two attached hydrogens (primary N) is 2. The second-order valence-corrected chi connectivity index (χ2v) is 14.8. The minimum Gasteiger partial charge on any atom is -0.478 e. The van der Waals surface area contributed by atoms with E-state index in [9.17, 15) is 49.0 Å². The number of Topliss-reactive ketones (excluding diaryl/α,β-unsaturated/α-hetero) is 1. The van der Waals surface area contributed by atoms with Gasteiger partial charge in [-0.25, -0.2) is 24.2 Å². The number of aromatic nitrogens is 3. The Morgan fingerprint density at radius 1 is 1.19 bits per heavy atom. The highest BCUT2D eigenvalue weighted by Crippen LogP contribution is 2.40. The summed E-state index contributed by atoms with van der Waals surface area (Å²) >= 11 is 8.18. The number of fused-ring (bicyclic) bond motifs is 1. The number of carboxylic acids is 2. The third kappa shape index (κ3) is 8.19. The molecule has 25 heteroatoms. The maximum Gasteiger partial charge on any atom is 0.352 e. The second-order valence-electron chi connectivity index (χ2n) is 12.0. The number of aliphatic carboxylic acids is 2. The number of nitrogen functional groups attached to an aromatic ring is 2. The van der Waals surface area contributed by atoms with Crippen LogP contribution in [0.2, 0.25) is 4.34 Å². The van der Waals surface area contributed by atoms with Crippen LogP contribution in [0.5, 0.6) is 0 Å². The predicted molar refractivity (Wildman–Crippen MR) is 187 cm³/mol. The lowest BCUT2D eigenvalue weighted by atomic mass is 10.0. The highest BCUT2D eigenvalue weighted by molar-refractivity contribution is 8.00. The van der Waals surface area contributed by atoms with Gasteiger partial charge in [-0.1, -0.05) is 28.1 Å². The molecule has 0 saturated carbocycles. The van der Waals surface area contributed by atoms with Gasteiger partial charge < -0.3 is 42.5 Å². The van der Waals surface area contributed by atoms with Gasteiger partial charge in [-0.05, 0) is 18.8 Å². The number of hydrogen-bond acceptors (Lipinski definition) is 18. The number of allylic oxidation sites excluding steroid dienone is 1. The molecule has 0 radical (unpaired) electrons. The summed E-state index contributed by atoms with van der Waals surface area (Å²) in [5, 5.41) is 40.5. The van der Waals surface area contributed by atoms with Crippen LogP contribution in [0.15, 0.2) is 40.7 Å². The molecular formula is C29H31ClN11O11S2+. The Morgan fingerprint density at radius 3 is 2.56 bits per heavy atom. The number of amides is 3. The molecule has 3 amide bonds. The predicted octanol–water partition coefficient (Wildman–Crippen LogP) is -2.08. The van der Waals surface area contributed by atoms with E-state index in [1.54, 1.807) is 0 Å². The summed E-state index contributed by atoms with van der Waals surface area (Å²) < 4.78 is 1.46. The summed E-state index contributed by atoms with van der Waals surface area (Å²) in [5.74, 6) is -6.94. The zero-order valence-corrected chi connectivity index (χ0v) is 30.5. The summed E-state index contributed by atoms with van der Waals surface area (Å²) in [6.07, 6.45) is 3.61. The van der Waals surface area contributed by atoms with Gasteiger partial charge in [0.1, 0.15) is 57.8 Å². The van der Waals surface area contributed by atoms with Crippen molar-refractivity contribution in [2.45, 2.75) is 37.4 Å². The molecule has 5 rings (SSSR count). The first-order valence-electron chi connectivity index (χ1n) is 15.4. The second kappa shape index (κ2) is 15.6. The molecule has 0 aromatic carbocycles. The molecule has 22 nitrogen and oxygen atoms in total. The number of hydrogen-bond donors (Lipinski definition) is 8. The topological polar surface area (TPSA) is 326 Å². The van der Waals surface area contributed by atoms with Gasteiger partial charge in [0.25, 0.3) is 29.9 Å². The number of nitrogens with zero attached hydrogens (tertiary/aromatic N) is 6. The Balaban J connectivity index is 1.26. The van der Waals surface area contributed by atoms with Crippen LogP contribution in [0.1, 0.15) is 19.5 Å². The summed E-state index contributed by atoms with van der Waals surface area (Å²) in [6.45, 7) is 1.78. The average molecular weight is 809 g/mol. The molecule has 286 valence electrons. The van der Waals surface area contributed by atoms with E-state index in [4.69, 9.17) is 27.9 Å². The maximum atomic E-state index is 13.4. The number of thiazole rings is 1. The van der Waals surface area contributed by atoms with Crippen molar-refractivity contribution in [3.05, 3.63) is 45.6 Å². The lowest BCUT2D eigenvalue weighted by molar-refractivity contribution is -0.691. The third-order valence-electron chi connectivity index (χ3n) is 7.82. The van der Waals surface area contributed by atoms with E-state index in [0.717, 1.165) is 22.3 Å². The summed E-state index contributed by atoms with van der Waals surface area (Å²) in [4.78, 5) is 100. The van der Waals surface area contributed by atoms with Crippen molar-refractivity contribution in [1.82, 2.24) is 30.6 Å². The Labute approximate surface area is 316 Å². The Kier molecular flexibility index (Phi) is 11.4. The molecule has 54 heavy (non-hydrogen) atoms. The van der Waals surface area contributed by atoms with Gasteiger partial charge in [-0.3, -0.25) is 34.1 Å². The molecule has 3 aliphatic heterocycles. The molecule has 0 spiro atoms. The monoisotopic (exact) mass is 808 g/mol. The van der Waals surface area contributed by atoms with E-state index in [2.05, 4.69) is 31.1 Å². The van der Waals surface area contributed by atoms with Gasteiger partial charge in [0.15, 0.2) is 10.8 Å². The van der Waals surface area contributed by atoms with Crippen LogP contribution in [-0.4, -0.2) is 125 Å². The zero-order chi connectivity index (χ0) is 39.6. The molecule has 5 heterocycles. The van der Waals surface area contributed by atoms with Crippen molar-refractivity contribution in [1.29, 1.82) is 0 Å². The van der Waals surface area contributed by atoms with Crippen molar-refractivity contribution in [2.75, 3.05) is 42.2 Å². The first-order chi connectivity index (χ1) is 25.4. The average Bonchev–Trinajstić information content (AvgIpc) is 3.44. The van der Waals surface area contributed by atoms with Crippen LogP contribution in [0.4, 0.5) is 16.6 Å². The SMILES string of the molecule is CC(C)(O/N=C(\C(=O)N[C@@H]1C(=O)N2C(C(=O)O)=C(C[n+]3cnc(N)c(NCCNC(=O)C4=CC(=O)C(=O)CN4O)c3)CS[C@H]12)c1nc(N)sc1Cl)C(=O)O. The number of ketones is 2. The number of nitrogens with one attached hydrogen (secondary N) is 3. The smallest absolute Gasteiger partial charge is 0.352 e. The van der Waals surface area contributed by atoms with Crippen molar-refractivity contribution in [2.24, 2.45) is 5.16 Å². The molecule has 3 aliphatic rings. The number of oxime groups is 1. The Morgan fingerprint density at radius 2 is 1.91 bits per heavy atom. The van der Waals surface area contributed by atoms with E-state index < -0.39 is 70.5 Å². The van der Waals surface area contributed by atoms with Crippen LogP contribution in [0.25, 0.3) is 0 Å². The van der Waals surface area contributed by atoms with Crippen LogP contribution in [-0.2, 0) is 44.9 Å². The summed E-state index contributed by atoms with van der Waals surface area (Å²) in [6, 6.07) is -1.22. The van der Waals surface area contributed by atoms with Gasteiger partial charge in [0.2, 0.25) is 17.2 Å². The van der Waals surface area contributed by atoms with Gasteiger partial charge >= 0.3 is 11.9 Å². The molecule has 0 bridgehead atoms. The first kappa shape index (κ1) is 39.4. The molecule has 2 atom stereocenters. The molecular weight excluding hydrogens is 778 g/mol. The van der Waals surface area contributed by atoms with Gasteiger partial charge in [-0.2, -0.15) is 0 Å². The fourth-order valence-corrected chi connectivity index (χ4v) is 7.27. The molecule has 0 aliphatic carbocycles. The van der Waals surface area contributed by atoms with Gasteiger partial charge in [0, 0.05) is 30.5 Å². The molecule has 2 aromatic heterocycles. The maximum absolute atomic E-state index is 13.4. The minimum absolute atomic E-state index is 0.00678. The molecule has 1 saturated heterocycles. The van der Waals surface area contributed by atoms with E-state index in [-0.39, 0.29) is 57.8 Å². The van der Waals surface area contributed by atoms with E-state index in [0.29, 0.717) is 16.3 Å². The molecule has 0 unspecified atom stereocenters. The van der Waals surface area contributed by atoms with Crippen LogP contribution < -0.4 is 32.0 Å². The molecule has 1 fully saturated rings. The number of carboxylic acid groups (broad SMARTS) is 2.